The molecule has 1 unspecified atom stereocenters. The molecule has 2 aromatic carbocycles. The Hall–Kier alpha value is -3.62. The summed E-state index contributed by atoms with van der Waals surface area (Å²) in [6, 6.07) is 8.02. The van der Waals surface area contributed by atoms with Gasteiger partial charge in [0.25, 0.3) is 5.91 Å². The summed E-state index contributed by atoms with van der Waals surface area (Å²) in [4.78, 5) is 24.3. The maximum Gasteiger partial charge on any atom is 0.256 e. The van der Waals surface area contributed by atoms with Gasteiger partial charge >= 0.3 is 0 Å². The molecule has 0 radical (unpaired) electrons. The Morgan fingerprint density at radius 1 is 1.16 bits per heavy atom. The summed E-state index contributed by atoms with van der Waals surface area (Å²) in [5.41, 5.74) is 1.56. The Labute approximate surface area is 176 Å². The van der Waals surface area contributed by atoms with E-state index in [9.17, 15) is 13.6 Å². The highest BCUT2D eigenvalue weighted by Gasteiger charge is 2.44. The Balaban J connectivity index is 1.58. The molecule has 7 nitrogen and oxygen atoms in total. The van der Waals surface area contributed by atoms with Gasteiger partial charge in [0.05, 0.1) is 34.7 Å². The number of nitrogens with one attached hydrogen (secondary N) is 1. The maximum absolute atomic E-state index is 14.2. The predicted octanol–water partition coefficient (Wildman–Crippen LogP) is 3.88. The SMILES string of the molecule is Cc1ccc(C(=O)N2CCCC2(C)c2nc3c(F)c(F)ccc3[nH]2)c(-n2nccn2)c1. The number of likely N-dealkylation sites (tertiary alicyclic amines) is 1. The molecule has 158 valence electrons. The zero-order valence-corrected chi connectivity index (χ0v) is 17.1. The van der Waals surface area contributed by atoms with E-state index in [0.717, 1.165) is 18.1 Å². The Morgan fingerprint density at radius 3 is 2.71 bits per heavy atom. The molecule has 0 aliphatic carbocycles. The molecule has 1 amide bonds. The van der Waals surface area contributed by atoms with Crippen molar-refractivity contribution >= 4 is 16.9 Å². The Morgan fingerprint density at radius 2 is 1.94 bits per heavy atom. The van der Waals surface area contributed by atoms with Crippen molar-refractivity contribution in [2.24, 2.45) is 0 Å². The topological polar surface area (TPSA) is 79.7 Å². The van der Waals surface area contributed by atoms with Gasteiger partial charge in [0.1, 0.15) is 11.3 Å². The second-order valence-corrected chi connectivity index (χ2v) is 8.02. The molecule has 0 bridgehead atoms. The number of H-pyrrole nitrogens is 1. The molecule has 31 heavy (non-hydrogen) atoms. The maximum atomic E-state index is 14.2. The minimum absolute atomic E-state index is 0.0627. The molecule has 4 aromatic rings. The number of imidazole rings is 1. The van der Waals surface area contributed by atoms with Crippen molar-refractivity contribution in [3.05, 3.63) is 71.3 Å². The van der Waals surface area contributed by atoms with Crippen LogP contribution in [0.15, 0.2) is 42.7 Å². The zero-order valence-electron chi connectivity index (χ0n) is 17.1. The first-order valence-electron chi connectivity index (χ1n) is 10.0. The van der Waals surface area contributed by atoms with Gasteiger partial charge in [-0.15, -0.1) is 0 Å². The second kappa shape index (κ2) is 6.97. The number of fused-ring (bicyclic) bond motifs is 1. The number of hydrogen-bond donors (Lipinski definition) is 1. The largest absolute Gasteiger partial charge is 0.340 e. The number of rotatable bonds is 3. The third-order valence-corrected chi connectivity index (χ3v) is 5.96. The summed E-state index contributed by atoms with van der Waals surface area (Å²) in [6.45, 7) is 4.34. The van der Waals surface area contributed by atoms with Gasteiger partial charge in [-0.05, 0) is 56.5 Å². The quantitative estimate of drug-likeness (QED) is 0.543. The van der Waals surface area contributed by atoms with Crippen LogP contribution >= 0.6 is 0 Å². The monoisotopic (exact) mass is 422 g/mol. The standard InChI is InChI=1S/C22H20F2N6O/c1-13-4-5-14(17(12-13)30-25-9-10-26-30)20(31)29-11-3-8-22(29,2)21-27-16-7-6-15(23)18(24)19(16)28-21/h4-7,9-10,12H,3,8,11H2,1-2H3,(H,27,28). The zero-order chi connectivity index (χ0) is 21.8. The average molecular weight is 422 g/mol. The minimum atomic E-state index is -0.995. The normalized spacial score (nSPS) is 18.8. The van der Waals surface area contributed by atoms with Crippen molar-refractivity contribution in [1.29, 1.82) is 0 Å². The summed E-state index contributed by atoms with van der Waals surface area (Å²) >= 11 is 0. The first-order chi connectivity index (χ1) is 14.9. The number of nitrogens with zero attached hydrogens (tertiary/aromatic N) is 5. The van der Waals surface area contributed by atoms with Crippen molar-refractivity contribution in [3.8, 4) is 5.69 Å². The fourth-order valence-corrected chi connectivity index (χ4v) is 4.28. The number of benzene rings is 2. The lowest BCUT2D eigenvalue weighted by Crippen LogP contribution is -2.44. The molecule has 5 rings (SSSR count). The van der Waals surface area contributed by atoms with Crippen LogP contribution in [0.4, 0.5) is 8.78 Å². The number of carbonyl (C=O) groups excluding carboxylic acids is 1. The first-order valence-corrected chi connectivity index (χ1v) is 10.0. The average Bonchev–Trinajstić information content (AvgIpc) is 3.50. The van der Waals surface area contributed by atoms with E-state index in [4.69, 9.17) is 0 Å². The van der Waals surface area contributed by atoms with Crippen molar-refractivity contribution in [2.75, 3.05) is 6.54 Å². The third kappa shape index (κ3) is 2.99. The van der Waals surface area contributed by atoms with Crippen LogP contribution in [-0.4, -0.2) is 42.3 Å². The third-order valence-electron chi connectivity index (χ3n) is 5.96. The number of halogens is 2. The van der Waals surface area contributed by atoms with Crippen LogP contribution in [-0.2, 0) is 5.54 Å². The molecule has 0 spiro atoms. The smallest absolute Gasteiger partial charge is 0.256 e. The van der Waals surface area contributed by atoms with E-state index < -0.39 is 17.2 Å². The molecule has 0 saturated carbocycles. The van der Waals surface area contributed by atoms with E-state index in [1.54, 1.807) is 23.4 Å². The number of aryl methyl sites for hydroxylation is 1. The van der Waals surface area contributed by atoms with E-state index >= 15 is 0 Å². The molecular weight excluding hydrogens is 402 g/mol. The van der Waals surface area contributed by atoms with E-state index in [1.165, 1.54) is 10.9 Å². The highest BCUT2D eigenvalue weighted by Crippen LogP contribution is 2.39. The van der Waals surface area contributed by atoms with Gasteiger partial charge in [-0.1, -0.05) is 6.07 Å². The van der Waals surface area contributed by atoms with E-state index in [-0.39, 0.29) is 11.4 Å². The summed E-state index contributed by atoms with van der Waals surface area (Å²) in [6.07, 6.45) is 4.51. The predicted molar refractivity (Wildman–Crippen MR) is 110 cm³/mol. The fourth-order valence-electron chi connectivity index (χ4n) is 4.28. The van der Waals surface area contributed by atoms with Crippen molar-refractivity contribution in [2.45, 2.75) is 32.2 Å². The second-order valence-electron chi connectivity index (χ2n) is 8.02. The fraction of sp³-hybridized carbons (Fsp3) is 0.273. The summed E-state index contributed by atoms with van der Waals surface area (Å²) in [5, 5.41) is 8.36. The van der Waals surface area contributed by atoms with Crippen LogP contribution in [0, 0.1) is 18.6 Å². The lowest BCUT2D eigenvalue weighted by Gasteiger charge is -2.34. The van der Waals surface area contributed by atoms with Gasteiger partial charge < -0.3 is 9.88 Å². The lowest BCUT2D eigenvalue weighted by atomic mass is 9.96. The molecule has 1 N–H and O–H groups in total. The number of carbonyl (C=O) groups is 1. The highest BCUT2D eigenvalue weighted by atomic mass is 19.2. The van der Waals surface area contributed by atoms with Crippen molar-refractivity contribution in [3.63, 3.8) is 0 Å². The van der Waals surface area contributed by atoms with Crippen LogP contribution in [0.5, 0.6) is 0 Å². The molecule has 1 aliphatic rings. The first kappa shape index (κ1) is 19.3. The van der Waals surface area contributed by atoms with Gasteiger partial charge in [0.2, 0.25) is 0 Å². The number of aromatic amines is 1. The van der Waals surface area contributed by atoms with Crippen molar-refractivity contribution < 1.29 is 13.6 Å². The number of aromatic nitrogens is 5. The van der Waals surface area contributed by atoms with Crippen LogP contribution in [0.2, 0.25) is 0 Å². The van der Waals surface area contributed by atoms with Gasteiger partial charge in [-0.2, -0.15) is 15.0 Å². The molecule has 1 saturated heterocycles. The summed E-state index contributed by atoms with van der Waals surface area (Å²) in [5.74, 6) is -1.71. The van der Waals surface area contributed by atoms with Crippen LogP contribution in [0.25, 0.3) is 16.7 Å². The molecule has 1 fully saturated rings. The van der Waals surface area contributed by atoms with Crippen LogP contribution in [0.1, 0.15) is 41.5 Å². The van der Waals surface area contributed by atoms with Crippen molar-refractivity contribution in [1.82, 2.24) is 29.9 Å². The highest BCUT2D eigenvalue weighted by molar-refractivity contribution is 5.98. The van der Waals surface area contributed by atoms with E-state index in [2.05, 4.69) is 20.2 Å². The van der Waals surface area contributed by atoms with Crippen LogP contribution < -0.4 is 0 Å². The van der Waals surface area contributed by atoms with Gasteiger partial charge in [0, 0.05) is 6.54 Å². The lowest BCUT2D eigenvalue weighted by molar-refractivity contribution is 0.0605. The molecule has 1 atom stereocenters. The van der Waals surface area contributed by atoms with Crippen LogP contribution in [0.3, 0.4) is 0 Å². The molecular formula is C22H20F2N6O. The van der Waals surface area contributed by atoms with Gasteiger partial charge in [0.15, 0.2) is 11.6 Å². The minimum Gasteiger partial charge on any atom is -0.340 e. The molecule has 2 aromatic heterocycles. The molecule has 9 heteroatoms. The van der Waals surface area contributed by atoms with Gasteiger partial charge in [-0.25, -0.2) is 13.8 Å². The number of amides is 1. The Kier molecular flexibility index (Phi) is 4.35. The van der Waals surface area contributed by atoms with Gasteiger partial charge in [-0.3, -0.25) is 4.79 Å². The summed E-state index contributed by atoms with van der Waals surface area (Å²) in [7, 11) is 0. The Bertz CT molecular complexity index is 1300. The molecule has 3 heterocycles. The van der Waals surface area contributed by atoms with E-state index in [1.807, 2.05) is 26.0 Å². The number of hydrogen-bond acceptors (Lipinski definition) is 4. The van der Waals surface area contributed by atoms with E-state index in [0.29, 0.717) is 35.6 Å². The summed E-state index contributed by atoms with van der Waals surface area (Å²) < 4.78 is 27.9. The molecule has 1 aliphatic heterocycles.